The van der Waals surface area contributed by atoms with Gasteiger partial charge >= 0.3 is 0 Å². The number of allylic oxidation sites excluding steroid dienone is 1. The van der Waals surface area contributed by atoms with E-state index in [1.807, 2.05) is 36.6 Å². The minimum atomic E-state index is -0.157. The van der Waals surface area contributed by atoms with Crippen molar-refractivity contribution in [3.05, 3.63) is 66.0 Å². The van der Waals surface area contributed by atoms with Crippen molar-refractivity contribution in [1.29, 1.82) is 0 Å². The molecule has 0 radical (unpaired) electrons. The number of amides is 1. The summed E-state index contributed by atoms with van der Waals surface area (Å²) in [5, 5.41) is 12.0. The van der Waals surface area contributed by atoms with Crippen LogP contribution in [0.2, 0.25) is 0 Å². The van der Waals surface area contributed by atoms with E-state index in [1.165, 1.54) is 11.8 Å². The fourth-order valence-electron chi connectivity index (χ4n) is 3.15. The van der Waals surface area contributed by atoms with Gasteiger partial charge in [0.25, 0.3) is 0 Å². The van der Waals surface area contributed by atoms with Crippen LogP contribution < -0.4 is 19.5 Å². The van der Waals surface area contributed by atoms with E-state index in [-0.39, 0.29) is 25.1 Å². The zero-order valence-corrected chi connectivity index (χ0v) is 18.8. The third-order valence-electron chi connectivity index (χ3n) is 4.79. The standard InChI is InChI=1S/C23H24N4O4S/c1-4-9-27-21(12-29-19-10-15(2)5-6-16(19)3)25-26-23(27)32-13-22(28)24-17-7-8-18-20(11-17)31-14-30-18/h4-8,10-11H,1,9,12-14H2,2-3H3,(H,24,28). The molecule has 32 heavy (non-hydrogen) atoms. The lowest BCUT2D eigenvalue weighted by molar-refractivity contribution is -0.113. The van der Waals surface area contributed by atoms with E-state index >= 15 is 0 Å². The highest BCUT2D eigenvalue weighted by atomic mass is 32.2. The predicted octanol–water partition coefficient (Wildman–Crippen LogP) is 4.12. The summed E-state index contributed by atoms with van der Waals surface area (Å²) >= 11 is 1.31. The van der Waals surface area contributed by atoms with Crippen molar-refractivity contribution < 1.29 is 19.0 Å². The van der Waals surface area contributed by atoms with Gasteiger partial charge in [0.15, 0.2) is 22.5 Å². The zero-order chi connectivity index (χ0) is 22.5. The Morgan fingerprint density at radius 2 is 2.06 bits per heavy atom. The lowest BCUT2D eigenvalue weighted by atomic mass is 10.1. The molecule has 166 valence electrons. The molecular formula is C23H24N4O4S. The van der Waals surface area contributed by atoms with Crippen molar-refractivity contribution in [3.8, 4) is 17.2 Å². The summed E-state index contributed by atoms with van der Waals surface area (Å²) in [6, 6.07) is 11.4. The molecule has 1 aromatic heterocycles. The number of carbonyl (C=O) groups is 1. The Morgan fingerprint density at radius 1 is 1.22 bits per heavy atom. The molecule has 0 atom stereocenters. The molecule has 4 rings (SSSR count). The van der Waals surface area contributed by atoms with Gasteiger partial charge in [0.05, 0.1) is 5.75 Å². The number of fused-ring (bicyclic) bond motifs is 1. The van der Waals surface area contributed by atoms with E-state index in [4.69, 9.17) is 14.2 Å². The quantitative estimate of drug-likeness (QED) is 0.386. The summed E-state index contributed by atoms with van der Waals surface area (Å²) in [6.45, 7) is 8.82. The van der Waals surface area contributed by atoms with Crippen molar-refractivity contribution in [3.63, 3.8) is 0 Å². The van der Waals surface area contributed by atoms with E-state index in [0.29, 0.717) is 34.7 Å². The Balaban J connectivity index is 1.38. The number of anilines is 1. The highest BCUT2D eigenvalue weighted by Gasteiger charge is 2.16. The molecule has 2 heterocycles. The first-order valence-electron chi connectivity index (χ1n) is 10.1. The molecule has 0 saturated carbocycles. The minimum absolute atomic E-state index is 0.157. The van der Waals surface area contributed by atoms with E-state index in [1.54, 1.807) is 24.3 Å². The number of hydrogen-bond donors (Lipinski definition) is 1. The molecule has 1 aliphatic rings. The van der Waals surface area contributed by atoms with Crippen LogP contribution in [0.4, 0.5) is 5.69 Å². The van der Waals surface area contributed by atoms with Crippen molar-refractivity contribution >= 4 is 23.4 Å². The zero-order valence-electron chi connectivity index (χ0n) is 18.0. The first kappa shape index (κ1) is 21.8. The summed E-state index contributed by atoms with van der Waals surface area (Å²) < 4.78 is 18.5. The van der Waals surface area contributed by atoms with Crippen LogP contribution >= 0.6 is 11.8 Å². The minimum Gasteiger partial charge on any atom is -0.485 e. The Kier molecular flexibility index (Phi) is 6.65. The monoisotopic (exact) mass is 452 g/mol. The van der Waals surface area contributed by atoms with Crippen molar-refractivity contribution in [2.75, 3.05) is 17.9 Å². The average molecular weight is 453 g/mol. The summed E-state index contributed by atoms with van der Waals surface area (Å²) in [6.07, 6.45) is 1.77. The number of nitrogens with one attached hydrogen (secondary N) is 1. The normalized spacial score (nSPS) is 11.9. The Labute approximate surface area is 190 Å². The first-order chi connectivity index (χ1) is 15.5. The van der Waals surface area contributed by atoms with Crippen LogP contribution in [0.25, 0.3) is 0 Å². The van der Waals surface area contributed by atoms with Crippen molar-refractivity contribution in [1.82, 2.24) is 14.8 Å². The molecule has 0 unspecified atom stereocenters. The van der Waals surface area contributed by atoms with Gasteiger partial charge < -0.3 is 19.5 Å². The Hall–Kier alpha value is -3.46. The van der Waals surface area contributed by atoms with Crippen LogP contribution in [0.5, 0.6) is 17.2 Å². The van der Waals surface area contributed by atoms with Crippen molar-refractivity contribution in [2.45, 2.75) is 32.2 Å². The number of thioether (sulfide) groups is 1. The predicted molar refractivity (Wildman–Crippen MR) is 122 cm³/mol. The summed E-state index contributed by atoms with van der Waals surface area (Å²) in [7, 11) is 0. The van der Waals surface area contributed by atoms with Gasteiger partial charge in [-0.05, 0) is 43.2 Å². The van der Waals surface area contributed by atoms with Gasteiger partial charge in [-0.3, -0.25) is 9.36 Å². The molecule has 0 saturated heterocycles. The van der Waals surface area contributed by atoms with Crippen LogP contribution in [-0.2, 0) is 17.9 Å². The van der Waals surface area contributed by atoms with E-state index in [0.717, 1.165) is 16.9 Å². The third-order valence-corrected chi connectivity index (χ3v) is 5.76. The highest BCUT2D eigenvalue weighted by Crippen LogP contribution is 2.34. The first-order valence-corrected chi connectivity index (χ1v) is 11.1. The van der Waals surface area contributed by atoms with E-state index in [9.17, 15) is 4.79 Å². The van der Waals surface area contributed by atoms with Gasteiger partial charge in [-0.25, -0.2) is 0 Å². The number of aromatic nitrogens is 3. The second-order valence-corrected chi connectivity index (χ2v) is 8.20. The van der Waals surface area contributed by atoms with Gasteiger partial charge in [0, 0.05) is 18.3 Å². The second-order valence-electron chi connectivity index (χ2n) is 7.26. The Morgan fingerprint density at radius 3 is 2.91 bits per heavy atom. The average Bonchev–Trinajstić information content (AvgIpc) is 3.40. The van der Waals surface area contributed by atoms with E-state index in [2.05, 4.69) is 22.1 Å². The van der Waals surface area contributed by atoms with E-state index < -0.39 is 0 Å². The molecule has 1 N–H and O–H groups in total. The van der Waals surface area contributed by atoms with Gasteiger partial charge in [-0.15, -0.1) is 16.8 Å². The van der Waals surface area contributed by atoms with Gasteiger partial charge in [-0.1, -0.05) is 30.0 Å². The lowest BCUT2D eigenvalue weighted by Gasteiger charge is -2.11. The molecule has 9 heteroatoms. The van der Waals surface area contributed by atoms with Crippen molar-refractivity contribution in [2.24, 2.45) is 0 Å². The number of hydrogen-bond acceptors (Lipinski definition) is 7. The maximum Gasteiger partial charge on any atom is 0.234 e. The molecule has 0 bridgehead atoms. The lowest BCUT2D eigenvalue weighted by Crippen LogP contribution is -2.15. The number of aryl methyl sites for hydroxylation is 2. The molecule has 1 aliphatic heterocycles. The largest absolute Gasteiger partial charge is 0.485 e. The summed E-state index contributed by atoms with van der Waals surface area (Å²) in [4.78, 5) is 12.4. The molecule has 1 amide bonds. The number of rotatable bonds is 9. The highest BCUT2D eigenvalue weighted by molar-refractivity contribution is 7.99. The second kappa shape index (κ2) is 9.78. The maximum atomic E-state index is 12.4. The van der Waals surface area contributed by atoms with Gasteiger partial charge in [0.2, 0.25) is 12.7 Å². The molecule has 8 nitrogen and oxygen atoms in total. The summed E-state index contributed by atoms with van der Waals surface area (Å²) in [5.41, 5.74) is 2.83. The van der Waals surface area contributed by atoms with Crippen LogP contribution in [-0.4, -0.2) is 33.2 Å². The maximum absolute atomic E-state index is 12.4. The van der Waals surface area contributed by atoms with Gasteiger partial charge in [0.1, 0.15) is 12.4 Å². The smallest absolute Gasteiger partial charge is 0.234 e. The number of ether oxygens (including phenoxy) is 3. The van der Waals surface area contributed by atoms with Crippen LogP contribution in [0, 0.1) is 13.8 Å². The fourth-order valence-corrected chi connectivity index (χ4v) is 3.92. The number of nitrogens with zero attached hydrogens (tertiary/aromatic N) is 3. The number of carbonyl (C=O) groups excluding carboxylic acids is 1. The van der Waals surface area contributed by atoms with Crippen LogP contribution in [0.3, 0.4) is 0 Å². The Bertz CT molecular complexity index is 1150. The summed E-state index contributed by atoms with van der Waals surface area (Å²) in [5.74, 6) is 2.80. The molecule has 0 aliphatic carbocycles. The molecule has 0 spiro atoms. The SMILES string of the molecule is C=CCn1c(COc2cc(C)ccc2C)nnc1SCC(=O)Nc1ccc2c(c1)OCO2. The molecule has 0 fully saturated rings. The van der Waals surface area contributed by atoms with Gasteiger partial charge in [-0.2, -0.15) is 0 Å². The number of benzene rings is 2. The molecular weight excluding hydrogens is 428 g/mol. The third kappa shape index (κ3) is 5.05. The molecule has 3 aromatic rings. The topological polar surface area (TPSA) is 87.5 Å². The van der Waals surface area contributed by atoms with Crippen LogP contribution in [0.1, 0.15) is 17.0 Å². The fraction of sp³-hybridized carbons (Fsp3) is 0.261. The van der Waals surface area contributed by atoms with Crippen LogP contribution in [0.15, 0.2) is 54.2 Å². The molecule has 2 aromatic carbocycles.